The Balaban J connectivity index is 1.63. The van der Waals surface area contributed by atoms with Crippen molar-refractivity contribution < 1.29 is 4.79 Å². The molecule has 0 bridgehead atoms. The zero-order valence-corrected chi connectivity index (χ0v) is 18.0. The second-order valence-electron chi connectivity index (χ2n) is 7.83. The van der Waals surface area contributed by atoms with Crippen LogP contribution in [0.2, 0.25) is 0 Å². The molecule has 0 atom stereocenters. The lowest BCUT2D eigenvalue weighted by molar-refractivity contribution is -0.131. The first-order valence-corrected chi connectivity index (χ1v) is 9.95. The van der Waals surface area contributed by atoms with E-state index >= 15 is 0 Å². The van der Waals surface area contributed by atoms with Crippen LogP contribution in [0.15, 0.2) is 42.7 Å². The topological polar surface area (TPSA) is 68.8 Å². The second-order valence-corrected chi connectivity index (χ2v) is 7.83. The highest BCUT2D eigenvalue weighted by atomic mass is 16.2. The van der Waals surface area contributed by atoms with Crippen molar-refractivity contribution in [2.24, 2.45) is 7.05 Å². The third kappa shape index (κ3) is 3.70. The molecule has 0 N–H and O–H groups in total. The van der Waals surface area contributed by atoms with Crippen LogP contribution in [0.1, 0.15) is 22.5 Å². The molecular weight excluding hydrogens is 376 g/mol. The predicted molar refractivity (Wildman–Crippen MR) is 117 cm³/mol. The van der Waals surface area contributed by atoms with E-state index in [2.05, 4.69) is 46.4 Å². The summed E-state index contributed by atoms with van der Waals surface area (Å²) < 4.78 is 3.48. The average molecular weight is 403 g/mol. The summed E-state index contributed by atoms with van der Waals surface area (Å²) in [4.78, 5) is 19.1. The molecule has 0 aliphatic carbocycles. The van der Waals surface area contributed by atoms with Gasteiger partial charge in [0.15, 0.2) is 5.65 Å². The van der Waals surface area contributed by atoms with Gasteiger partial charge in [0.05, 0.1) is 11.4 Å². The van der Waals surface area contributed by atoms with Gasteiger partial charge in [-0.2, -0.15) is 10.2 Å². The fourth-order valence-corrected chi connectivity index (χ4v) is 3.84. The monoisotopic (exact) mass is 402 g/mol. The minimum Gasteiger partial charge on any atom is -0.340 e. The molecule has 0 unspecified atom stereocenters. The quantitative estimate of drug-likeness (QED) is 0.513. The summed E-state index contributed by atoms with van der Waals surface area (Å²) in [6.45, 7) is 6.65. The smallest absolute Gasteiger partial charge is 0.244 e. The highest BCUT2D eigenvalue weighted by Gasteiger charge is 2.18. The lowest BCUT2D eigenvalue weighted by Crippen LogP contribution is -2.30. The van der Waals surface area contributed by atoms with Crippen LogP contribution in [0.3, 0.4) is 0 Å². The third-order valence-corrected chi connectivity index (χ3v) is 5.37. The lowest BCUT2D eigenvalue weighted by atomic mass is 10.0. The van der Waals surface area contributed by atoms with Crippen LogP contribution in [0.25, 0.3) is 22.2 Å². The molecule has 0 radical (unpaired) electrons. The number of hydrogen-bond donors (Lipinski definition) is 0. The maximum atomic E-state index is 12.9. The van der Waals surface area contributed by atoms with Gasteiger partial charge >= 0.3 is 0 Å². The first-order chi connectivity index (χ1) is 14.3. The Morgan fingerprint density at radius 1 is 1.10 bits per heavy atom. The van der Waals surface area contributed by atoms with E-state index in [0.717, 1.165) is 39.1 Å². The van der Waals surface area contributed by atoms with Gasteiger partial charge in [-0.25, -0.2) is 9.67 Å². The van der Waals surface area contributed by atoms with E-state index in [9.17, 15) is 4.79 Å². The maximum absolute atomic E-state index is 12.9. The van der Waals surface area contributed by atoms with Crippen molar-refractivity contribution in [1.29, 1.82) is 0 Å². The molecule has 3 aromatic heterocycles. The fourth-order valence-electron chi connectivity index (χ4n) is 3.84. The van der Waals surface area contributed by atoms with Gasteiger partial charge in [-0.1, -0.05) is 29.8 Å². The summed E-state index contributed by atoms with van der Waals surface area (Å²) in [7, 11) is 3.69. The van der Waals surface area contributed by atoms with Gasteiger partial charge in [-0.3, -0.25) is 9.48 Å². The highest BCUT2D eigenvalue weighted by Crippen LogP contribution is 2.30. The first-order valence-electron chi connectivity index (χ1n) is 9.95. The van der Waals surface area contributed by atoms with Crippen LogP contribution in [0, 0.1) is 20.8 Å². The first kappa shape index (κ1) is 19.8. The molecule has 30 heavy (non-hydrogen) atoms. The molecule has 0 fully saturated rings. The number of benzene rings is 1. The van der Waals surface area contributed by atoms with Crippen molar-refractivity contribution in [3.05, 3.63) is 65.2 Å². The molecule has 0 aliphatic rings. The molecule has 7 nitrogen and oxygen atoms in total. The number of nitrogens with zero attached hydrogens (tertiary/aromatic N) is 6. The maximum Gasteiger partial charge on any atom is 0.244 e. The number of pyridine rings is 1. The number of carbonyl (C=O) groups excluding carboxylic acids is 1. The average Bonchev–Trinajstić information content (AvgIpc) is 3.19. The summed E-state index contributed by atoms with van der Waals surface area (Å²) in [5.74, 6) is -0.0228. The number of carbonyl (C=O) groups is 1. The Morgan fingerprint density at radius 3 is 2.60 bits per heavy atom. The van der Waals surface area contributed by atoms with E-state index in [1.54, 1.807) is 27.5 Å². The molecule has 154 valence electrons. The van der Waals surface area contributed by atoms with Crippen molar-refractivity contribution in [2.75, 3.05) is 7.05 Å². The second kappa shape index (κ2) is 7.74. The molecule has 0 aliphatic heterocycles. The Bertz CT molecular complexity index is 1240. The van der Waals surface area contributed by atoms with E-state index in [1.165, 1.54) is 5.56 Å². The number of aromatic nitrogens is 5. The number of amides is 1. The zero-order valence-electron chi connectivity index (χ0n) is 18.0. The highest BCUT2D eigenvalue weighted by molar-refractivity contribution is 5.95. The van der Waals surface area contributed by atoms with Gasteiger partial charge in [0.1, 0.15) is 6.54 Å². The van der Waals surface area contributed by atoms with Crippen LogP contribution in [0.4, 0.5) is 0 Å². The van der Waals surface area contributed by atoms with Crippen molar-refractivity contribution in [2.45, 2.75) is 33.9 Å². The largest absolute Gasteiger partial charge is 0.340 e. The Kier molecular flexibility index (Phi) is 5.11. The van der Waals surface area contributed by atoms with Gasteiger partial charge < -0.3 is 4.90 Å². The van der Waals surface area contributed by atoms with Crippen molar-refractivity contribution in [3.8, 4) is 11.1 Å². The Morgan fingerprint density at radius 2 is 1.90 bits per heavy atom. The van der Waals surface area contributed by atoms with Crippen LogP contribution < -0.4 is 0 Å². The number of fused-ring (bicyclic) bond motifs is 1. The molecule has 3 heterocycles. The van der Waals surface area contributed by atoms with Crippen LogP contribution in [-0.2, 0) is 24.9 Å². The van der Waals surface area contributed by atoms with E-state index in [4.69, 9.17) is 0 Å². The molecule has 7 heteroatoms. The number of hydrogen-bond acceptors (Lipinski definition) is 4. The predicted octanol–water partition coefficient (Wildman–Crippen LogP) is 3.42. The Hall–Kier alpha value is -3.48. The number of likely N-dealkylation sites (N-methyl/N-ethyl adjacent to an activating group) is 1. The van der Waals surface area contributed by atoms with Gasteiger partial charge in [0, 0.05) is 44.0 Å². The van der Waals surface area contributed by atoms with Gasteiger partial charge in [0.25, 0.3) is 0 Å². The Labute approximate surface area is 176 Å². The van der Waals surface area contributed by atoms with E-state index < -0.39 is 0 Å². The summed E-state index contributed by atoms with van der Waals surface area (Å²) >= 11 is 0. The SMILES string of the molecule is Cc1cccc(-c2ccnc3c2c(C)nn3CC(=O)N(C)Cc2cn(C)nc2C)c1. The molecule has 0 saturated heterocycles. The summed E-state index contributed by atoms with van der Waals surface area (Å²) in [5, 5.41) is 9.97. The molecule has 1 amide bonds. The molecular formula is C23H26N6O. The fraction of sp³-hybridized carbons (Fsp3) is 0.304. The van der Waals surface area contributed by atoms with E-state index in [1.807, 2.05) is 33.2 Å². The van der Waals surface area contributed by atoms with Crippen molar-refractivity contribution >= 4 is 16.9 Å². The number of aryl methyl sites for hydroxylation is 4. The molecule has 4 rings (SSSR count). The van der Waals surface area contributed by atoms with Gasteiger partial charge in [-0.05, 0) is 38.0 Å². The van der Waals surface area contributed by atoms with E-state index in [-0.39, 0.29) is 12.5 Å². The van der Waals surface area contributed by atoms with Crippen LogP contribution in [-0.4, -0.2) is 42.4 Å². The molecule has 0 spiro atoms. The van der Waals surface area contributed by atoms with Crippen LogP contribution >= 0.6 is 0 Å². The lowest BCUT2D eigenvalue weighted by Gasteiger charge is -2.17. The minimum absolute atomic E-state index is 0.0228. The van der Waals surface area contributed by atoms with Crippen molar-refractivity contribution in [3.63, 3.8) is 0 Å². The van der Waals surface area contributed by atoms with Gasteiger partial charge in [-0.15, -0.1) is 0 Å². The zero-order chi connectivity index (χ0) is 21.4. The molecule has 4 aromatic rings. The standard InChI is InChI=1S/C23H26N6O/c1-15-7-6-8-18(11-15)20-9-10-24-23-22(20)17(3)26-29(23)14-21(30)27(4)12-19-13-28(5)25-16(19)2/h6-11,13H,12,14H2,1-5H3. The normalized spacial score (nSPS) is 11.2. The van der Waals surface area contributed by atoms with E-state index in [0.29, 0.717) is 6.54 Å². The number of rotatable bonds is 5. The molecule has 1 aromatic carbocycles. The van der Waals surface area contributed by atoms with Crippen LogP contribution in [0.5, 0.6) is 0 Å². The summed E-state index contributed by atoms with van der Waals surface area (Å²) in [5.41, 5.74) is 6.97. The molecule has 0 saturated carbocycles. The summed E-state index contributed by atoms with van der Waals surface area (Å²) in [6, 6.07) is 10.4. The third-order valence-electron chi connectivity index (χ3n) is 5.37. The van der Waals surface area contributed by atoms with Gasteiger partial charge in [0.2, 0.25) is 5.91 Å². The minimum atomic E-state index is -0.0228. The van der Waals surface area contributed by atoms with Crippen molar-refractivity contribution in [1.82, 2.24) is 29.4 Å². The summed E-state index contributed by atoms with van der Waals surface area (Å²) in [6.07, 6.45) is 3.73.